The van der Waals surface area contributed by atoms with E-state index in [4.69, 9.17) is 0 Å². The molecular formula is C29H31N5O4S. The van der Waals surface area contributed by atoms with Gasteiger partial charge >= 0.3 is 0 Å². The first kappa shape index (κ1) is 28.0. The third-order valence-corrected chi connectivity index (χ3v) is 7.20. The van der Waals surface area contributed by atoms with Crippen LogP contribution in [-0.2, 0) is 20.9 Å². The summed E-state index contributed by atoms with van der Waals surface area (Å²) in [4.78, 5) is 49.1. The molecule has 10 heteroatoms. The molecule has 3 aromatic rings. The van der Waals surface area contributed by atoms with Gasteiger partial charge < -0.3 is 15.7 Å². The lowest BCUT2D eigenvalue weighted by molar-refractivity contribution is -0.132. The molecule has 0 aliphatic carbocycles. The number of carbonyl (C=O) groups excluding carboxylic acids is 3. The smallest absolute Gasteiger partial charge is 0.254 e. The van der Waals surface area contributed by atoms with Crippen molar-refractivity contribution >= 4 is 40.3 Å². The highest BCUT2D eigenvalue weighted by Crippen LogP contribution is 2.40. The van der Waals surface area contributed by atoms with Gasteiger partial charge in [0.05, 0.1) is 12.2 Å². The van der Waals surface area contributed by atoms with Crippen molar-refractivity contribution in [3.8, 4) is 0 Å². The normalized spacial score (nSPS) is 17.8. The molecule has 39 heavy (non-hydrogen) atoms. The van der Waals surface area contributed by atoms with Gasteiger partial charge in [0.25, 0.3) is 5.91 Å². The van der Waals surface area contributed by atoms with Crippen LogP contribution < -0.4 is 10.6 Å². The van der Waals surface area contributed by atoms with Crippen LogP contribution in [0, 0.1) is 0 Å². The van der Waals surface area contributed by atoms with E-state index >= 15 is 0 Å². The van der Waals surface area contributed by atoms with E-state index in [-0.39, 0.29) is 11.9 Å². The molecule has 2 aromatic carbocycles. The minimum atomic E-state index is -1.37. The summed E-state index contributed by atoms with van der Waals surface area (Å²) in [5.74, 6) is -1.17. The molecule has 1 unspecified atom stereocenters. The Morgan fingerprint density at radius 3 is 2.33 bits per heavy atom. The number of nitrogens with zero attached hydrogens (tertiary/aromatic N) is 3. The van der Waals surface area contributed by atoms with Crippen LogP contribution in [0.3, 0.4) is 0 Å². The van der Waals surface area contributed by atoms with Gasteiger partial charge in [0.2, 0.25) is 11.8 Å². The Morgan fingerprint density at radius 2 is 1.69 bits per heavy atom. The van der Waals surface area contributed by atoms with E-state index in [1.165, 1.54) is 11.8 Å². The summed E-state index contributed by atoms with van der Waals surface area (Å²) < 4.78 is 0. The number of thioether (sulfide) groups is 1. The molecule has 1 aromatic heterocycles. The van der Waals surface area contributed by atoms with Crippen molar-refractivity contribution in [2.24, 2.45) is 4.99 Å². The predicted octanol–water partition coefficient (Wildman–Crippen LogP) is 3.84. The lowest BCUT2D eigenvalue weighted by atomic mass is 10.1. The Morgan fingerprint density at radius 1 is 1.00 bits per heavy atom. The number of pyridine rings is 1. The number of hydrogen-bond donors (Lipinski definition) is 3. The van der Waals surface area contributed by atoms with Crippen LogP contribution in [0.5, 0.6) is 0 Å². The van der Waals surface area contributed by atoms with Crippen molar-refractivity contribution in [1.29, 1.82) is 0 Å². The molecule has 0 spiro atoms. The zero-order chi connectivity index (χ0) is 27.9. The van der Waals surface area contributed by atoms with Gasteiger partial charge in [-0.3, -0.25) is 29.3 Å². The van der Waals surface area contributed by atoms with Gasteiger partial charge in [-0.25, -0.2) is 0 Å². The average molecular weight is 546 g/mol. The fraction of sp³-hybridized carbons (Fsp3) is 0.276. The topological polar surface area (TPSA) is 124 Å². The monoisotopic (exact) mass is 545 g/mol. The van der Waals surface area contributed by atoms with E-state index in [9.17, 15) is 19.5 Å². The molecule has 1 fully saturated rings. The van der Waals surface area contributed by atoms with Crippen molar-refractivity contribution in [2.45, 2.75) is 50.8 Å². The predicted molar refractivity (Wildman–Crippen MR) is 152 cm³/mol. The van der Waals surface area contributed by atoms with Crippen LogP contribution in [0.25, 0.3) is 0 Å². The number of hydrogen-bond acceptors (Lipinski definition) is 7. The molecule has 1 aliphatic heterocycles. The second-order valence-corrected chi connectivity index (χ2v) is 10.5. The fourth-order valence-electron chi connectivity index (χ4n) is 3.92. The number of carbonyl (C=O) groups is 3. The molecule has 0 bridgehead atoms. The molecule has 3 N–H and O–H groups in total. The van der Waals surface area contributed by atoms with Gasteiger partial charge in [0.1, 0.15) is 11.3 Å². The van der Waals surface area contributed by atoms with E-state index in [1.807, 2.05) is 32.0 Å². The van der Waals surface area contributed by atoms with Gasteiger partial charge in [-0.05, 0) is 56.2 Å². The number of aliphatic hydroxyl groups excluding tert-OH is 1. The van der Waals surface area contributed by atoms with Gasteiger partial charge in [-0.15, -0.1) is 0 Å². The molecule has 1 saturated heterocycles. The Hall–Kier alpha value is -4.02. The summed E-state index contributed by atoms with van der Waals surface area (Å²) >= 11 is 1.40. The maximum atomic E-state index is 13.4. The summed E-state index contributed by atoms with van der Waals surface area (Å²) in [5.41, 5.74) is 2.53. The lowest BCUT2D eigenvalue weighted by Crippen LogP contribution is -2.43. The lowest BCUT2D eigenvalue weighted by Gasteiger charge is -2.17. The summed E-state index contributed by atoms with van der Waals surface area (Å²) in [6.07, 6.45) is 0.327. The number of rotatable bonds is 9. The van der Waals surface area contributed by atoms with Crippen molar-refractivity contribution in [3.05, 3.63) is 95.8 Å². The number of amidine groups is 1. The van der Waals surface area contributed by atoms with Gasteiger partial charge in [0, 0.05) is 17.9 Å². The Balaban J connectivity index is 1.39. The second-order valence-electron chi connectivity index (χ2n) is 9.40. The van der Waals surface area contributed by atoms with Crippen LogP contribution in [0.4, 0.5) is 5.69 Å². The SMILES string of the molecule is CC(C)N=C1SC(c2ccc(NC(=O)[C@@H](C)NC(=O)[C@H](O)c3ccccc3)cc2)C(=O)N1Cc1ccccn1. The molecule has 202 valence electrons. The maximum absolute atomic E-state index is 13.4. The number of aliphatic imine (C=N–C) groups is 1. The van der Waals surface area contributed by atoms with Crippen LogP contribution in [-0.4, -0.2) is 50.0 Å². The molecule has 9 nitrogen and oxygen atoms in total. The van der Waals surface area contributed by atoms with Crippen LogP contribution in [0.2, 0.25) is 0 Å². The Bertz CT molecular complexity index is 1330. The standard InChI is InChI=1S/C29H31N5O4S/c1-18(2)31-29-34(17-23-11-7-8-16-30-23)28(38)25(39-29)21-12-14-22(15-13-21)33-26(36)19(3)32-27(37)24(35)20-9-5-4-6-10-20/h4-16,18-19,24-25,35H,17H2,1-3H3,(H,32,37)(H,33,36)/t19-,24-,25?/m1/s1. The first-order chi connectivity index (χ1) is 18.7. The zero-order valence-corrected chi connectivity index (χ0v) is 22.8. The molecule has 0 radical (unpaired) electrons. The minimum Gasteiger partial charge on any atom is -0.378 e. The van der Waals surface area contributed by atoms with Gasteiger partial charge in [0.15, 0.2) is 11.3 Å². The van der Waals surface area contributed by atoms with E-state index in [1.54, 1.807) is 72.6 Å². The summed E-state index contributed by atoms with van der Waals surface area (Å²) in [7, 11) is 0. The first-order valence-corrected chi connectivity index (χ1v) is 13.5. The summed E-state index contributed by atoms with van der Waals surface area (Å²) in [5, 5.41) is 15.7. The van der Waals surface area contributed by atoms with Crippen molar-refractivity contribution in [1.82, 2.24) is 15.2 Å². The van der Waals surface area contributed by atoms with Crippen molar-refractivity contribution in [2.75, 3.05) is 5.32 Å². The van der Waals surface area contributed by atoms with Crippen LogP contribution in [0.15, 0.2) is 84.0 Å². The van der Waals surface area contributed by atoms with Crippen molar-refractivity contribution < 1.29 is 19.5 Å². The summed E-state index contributed by atoms with van der Waals surface area (Å²) in [6.45, 7) is 5.81. The molecular weight excluding hydrogens is 514 g/mol. The quantitative estimate of drug-likeness (QED) is 0.375. The number of anilines is 1. The number of benzene rings is 2. The Kier molecular flexibility index (Phi) is 9.11. The highest BCUT2D eigenvalue weighted by molar-refractivity contribution is 8.15. The van der Waals surface area contributed by atoms with Gasteiger partial charge in [-0.2, -0.15) is 0 Å². The molecule has 3 atom stereocenters. The van der Waals surface area contributed by atoms with E-state index in [0.29, 0.717) is 23.0 Å². The number of aromatic nitrogens is 1. The van der Waals surface area contributed by atoms with Crippen LogP contribution >= 0.6 is 11.8 Å². The Labute approximate surface area is 231 Å². The molecule has 1 aliphatic rings. The average Bonchev–Trinajstić information content (AvgIpc) is 3.23. The molecule has 2 heterocycles. The molecule has 3 amide bonds. The summed E-state index contributed by atoms with van der Waals surface area (Å²) in [6, 6.07) is 20.3. The zero-order valence-electron chi connectivity index (χ0n) is 21.9. The largest absolute Gasteiger partial charge is 0.378 e. The van der Waals surface area contributed by atoms with Crippen LogP contribution in [0.1, 0.15) is 48.9 Å². The van der Waals surface area contributed by atoms with Gasteiger partial charge in [-0.1, -0.05) is 60.3 Å². The molecule has 4 rings (SSSR count). The van der Waals surface area contributed by atoms with E-state index < -0.39 is 29.2 Å². The van der Waals surface area contributed by atoms with Crippen molar-refractivity contribution in [3.63, 3.8) is 0 Å². The van der Waals surface area contributed by atoms with E-state index in [2.05, 4.69) is 20.6 Å². The number of amides is 3. The number of nitrogens with one attached hydrogen (secondary N) is 2. The number of aliphatic hydroxyl groups is 1. The third-order valence-electron chi connectivity index (χ3n) is 5.96. The maximum Gasteiger partial charge on any atom is 0.254 e. The minimum absolute atomic E-state index is 0.0270. The highest BCUT2D eigenvalue weighted by Gasteiger charge is 2.39. The van der Waals surface area contributed by atoms with E-state index in [0.717, 1.165) is 11.3 Å². The molecule has 0 saturated carbocycles. The third kappa shape index (κ3) is 7.10. The first-order valence-electron chi connectivity index (χ1n) is 12.6. The highest BCUT2D eigenvalue weighted by atomic mass is 32.2. The fourth-order valence-corrected chi connectivity index (χ4v) is 5.21. The second kappa shape index (κ2) is 12.7.